The minimum absolute atomic E-state index is 0.293. The molecule has 0 heterocycles. The molecule has 1 aromatic rings. The maximum Gasteiger partial charge on any atom is 0.418 e. The summed E-state index contributed by atoms with van der Waals surface area (Å²) in [6.45, 7) is 0. The van der Waals surface area contributed by atoms with Gasteiger partial charge >= 0.3 is 12.6 Å². The molecule has 0 spiro atoms. The average Bonchev–Trinajstić information content (AvgIpc) is 2.07. The third kappa shape index (κ3) is 2.47. The number of nitrogens with one attached hydrogen (secondary N) is 1. The number of carbonyl (C=O) groups excluding carboxylic acids is 1. The smallest absolute Gasteiger partial charge is 0.317 e. The standard InChI is InChI=1S/C8H4BrF3NO/c9-5-1-2-7(13-4-14)6(3-5)8(10,11)12/h1-3H,(H,13,14). The van der Waals surface area contributed by atoms with Crippen LogP contribution in [-0.2, 0) is 11.0 Å². The minimum atomic E-state index is -4.50. The van der Waals surface area contributed by atoms with Crippen LogP contribution in [0.5, 0.6) is 0 Å². The van der Waals surface area contributed by atoms with E-state index in [1.807, 2.05) is 5.32 Å². The highest BCUT2D eigenvalue weighted by Crippen LogP contribution is 2.36. The van der Waals surface area contributed by atoms with Crippen molar-refractivity contribution in [3.05, 3.63) is 28.2 Å². The van der Waals surface area contributed by atoms with Crippen LogP contribution in [0.1, 0.15) is 5.56 Å². The molecule has 1 amide bonds. The first-order valence-corrected chi connectivity index (χ1v) is 4.24. The first-order valence-electron chi connectivity index (χ1n) is 3.45. The van der Waals surface area contributed by atoms with Gasteiger partial charge in [0.1, 0.15) is 0 Å². The van der Waals surface area contributed by atoms with Crippen molar-refractivity contribution >= 4 is 28.0 Å². The molecule has 0 saturated heterocycles. The predicted octanol–water partition coefficient (Wildman–Crippen LogP) is 2.95. The van der Waals surface area contributed by atoms with Crippen LogP contribution in [0.3, 0.4) is 0 Å². The summed E-state index contributed by atoms with van der Waals surface area (Å²) in [5, 5.41) is 1.86. The molecule has 0 unspecified atom stereocenters. The summed E-state index contributed by atoms with van der Waals surface area (Å²) in [4.78, 5) is 9.92. The van der Waals surface area contributed by atoms with Gasteiger partial charge in [-0.3, -0.25) is 4.79 Å². The van der Waals surface area contributed by atoms with Crippen molar-refractivity contribution in [3.63, 3.8) is 0 Å². The van der Waals surface area contributed by atoms with Crippen LogP contribution in [0.15, 0.2) is 22.7 Å². The number of alkyl halides is 3. The van der Waals surface area contributed by atoms with Crippen LogP contribution < -0.4 is 5.32 Å². The van der Waals surface area contributed by atoms with Gasteiger partial charge in [-0.1, -0.05) is 15.9 Å². The summed E-state index contributed by atoms with van der Waals surface area (Å²) in [5.41, 5.74) is -1.22. The quantitative estimate of drug-likeness (QED) is 0.820. The second kappa shape index (κ2) is 4.00. The van der Waals surface area contributed by atoms with E-state index in [9.17, 15) is 18.0 Å². The maximum absolute atomic E-state index is 12.4. The third-order valence-electron chi connectivity index (χ3n) is 1.47. The first-order chi connectivity index (χ1) is 6.45. The molecule has 75 valence electrons. The molecular weight excluding hydrogens is 263 g/mol. The van der Waals surface area contributed by atoms with Gasteiger partial charge in [0.05, 0.1) is 11.3 Å². The molecular formula is C8H4BrF3NO. The Bertz CT molecular complexity index is 351. The van der Waals surface area contributed by atoms with Gasteiger partial charge in [0.15, 0.2) is 0 Å². The van der Waals surface area contributed by atoms with E-state index in [0.717, 1.165) is 12.1 Å². The molecule has 1 aromatic carbocycles. The summed E-state index contributed by atoms with van der Waals surface area (Å²) in [6, 6.07) is 3.44. The fraction of sp³-hybridized carbons (Fsp3) is 0.125. The van der Waals surface area contributed by atoms with Crippen molar-refractivity contribution in [2.75, 3.05) is 5.32 Å². The number of hydrogen-bond donors (Lipinski definition) is 1. The van der Waals surface area contributed by atoms with Gasteiger partial charge in [-0.25, -0.2) is 0 Å². The SMILES string of the molecule is O=[C]Nc1ccc(Br)cc1C(F)(F)F. The molecule has 2 nitrogen and oxygen atoms in total. The Labute approximate surface area is 86.2 Å². The van der Waals surface area contributed by atoms with Crippen LogP contribution in [0.2, 0.25) is 0 Å². The van der Waals surface area contributed by atoms with E-state index in [1.54, 1.807) is 0 Å². The Morgan fingerprint density at radius 2 is 2.00 bits per heavy atom. The normalized spacial score (nSPS) is 11.1. The Balaban J connectivity index is 3.22. The highest BCUT2D eigenvalue weighted by atomic mass is 79.9. The monoisotopic (exact) mass is 266 g/mol. The van der Waals surface area contributed by atoms with Gasteiger partial charge in [-0.05, 0) is 18.2 Å². The Morgan fingerprint density at radius 1 is 1.36 bits per heavy atom. The van der Waals surface area contributed by atoms with E-state index < -0.39 is 11.7 Å². The third-order valence-corrected chi connectivity index (χ3v) is 1.97. The van der Waals surface area contributed by atoms with E-state index in [-0.39, 0.29) is 5.69 Å². The molecule has 0 aliphatic rings. The zero-order valence-electron chi connectivity index (χ0n) is 6.65. The van der Waals surface area contributed by atoms with Crippen molar-refractivity contribution in [1.29, 1.82) is 0 Å². The van der Waals surface area contributed by atoms with Gasteiger partial charge in [0.2, 0.25) is 0 Å². The molecule has 0 aromatic heterocycles. The number of anilines is 1. The van der Waals surface area contributed by atoms with Crippen molar-refractivity contribution in [2.45, 2.75) is 6.18 Å². The lowest BCUT2D eigenvalue weighted by Gasteiger charge is -2.11. The molecule has 0 aliphatic heterocycles. The van der Waals surface area contributed by atoms with E-state index in [0.29, 0.717) is 4.47 Å². The zero-order valence-corrected chi connectivity index (χ0v) is 8.24. The summed E-state index contributed by atoms with van der Waals surface area (Å²) in [7, 11) is 0. The molecule has 14 heavy (non-hydrogen) atoms. The first kappa shape index (κ1) is 11.0. The number of halogens is 4. The van der Waals surface area contributed by atoms with Gasteiger partial charge < -0.3 is 5.32 Å². The lowest BCUT2D eigenvalue weighted by molar-refractivity contribution is -0.136. The van der Waals surface area contributed by atoms with E-state index in [4.69, 9.17) is 0 Å². The average molecular weight is 267 g/mol. The second-order valence-corrected chi connectivity index (χ2v) is 3.33. The molecule has 1 rings (SSSR count). The van der Waals surface area contributed by atoms with Gasteiger partial charge in [-0.15, -0.1) is 0 Å². The predicted molar refractivity (Wildman–Crippen MR) is 48.5 cm³/mol. The largest absolute Gasteiger partial charge is 0.418 e. The second-order valence-electron chi connectivity index (χ2n) is 2.41. The van der Waals surface area contributed by atoms with Crippen LogP contribution in [0.4, 0.5) is 18.9 Å². The lowest BCUT2D eigenvalue weighted by Crippen LogP contribution is -2.09. The fourth-order valence-electron chi connectivity index (χ4n) is 0.915. The Kier molecular flexibility index (Phi) is 3.15. The molecule has 0 aliphatic carbocycles. The summed E-state index contributed by atoms with van der Waals surface area (Å²) < 4.78 is 37.4. The molecule has 0 fully saturated rings. The van der Waals surface area contributed by atoms with E-state index in [2.05, 4.69) is 15.9 Å². The Hall–Kier alpha value is -1.04. The van der Waals surface area contributed by atoms with Crippen molar-refractivity contribution in [3.8, 4) is 0 Å². The van der Waals surface area contributed by atoms with Gasteiger partial charge in [0, 0.05) is 4.47 Å². The molecule has 0 bridgehead atoms. The number of rotatable bonds is 2. The summed E-state index contributed by atoms with van der Waals surface area (Å²) >= 11 is 2.91. The molecule has 1 radical (unpaired) electrons. The van der Waals surface area contributed by atoms with Gasteiger partial charge in [0.25, 0.3) is 0 Å². The molecule has 1 N–H and O–H groups in total. The minimum Gasteiger partial charge on any atom is -0.317 e. The van der Waals surface area contributed by atoms with Crippen LogP contribution >= 0.6 is 15.9 Å². The van der Waals surface area contributed by atoms with E-state index >= 15 is 0 Å². The number of amides is 1. The highest BCUT2D eigenvalue weighted by Gasteiger charge is 2.33. The van der Waals surface area contributed by atoms with Crippen LogP contribution in [-0.4, -0.2) is 6.41 Å². The van der Waals surface area contributed by atoms with Crippen molar-refractivity contribution in [1.82, 2.24) is 0 Å². The topological polar surface area (TPSA) is 29.1 Å². The lowest BCUT2D eigenvalue weighted by atomic mass is 10.2. The number of benzene rings is 1. The molecule has 0 saturated carbocycles. The number of hydrogen-bond acceptors (Lipinski definition) is 1. The fourth-order valence-corrected chi connectivity index (χ4v) is 1.28. The van der Waals surface area contributed by atoms with Crippen LogP contribution in [0.25, 0.3) is 0 Å². The van der Waals surface area contributed by atoms with E-state index in [1.165, 1.54) is 12.5 Å². The van der Waals surface area contributed by atoms with Crippen molar-refractivity contribution in [2.24, 2.45) is 0 Å². The molecule has 0 atom stereocenters. The summed E-state index contributed by atoms with van der Waals surface area (Å²) in [5.74, 6) is 0. The Morgan fingerprint density at radius 3 is 2.50 bits per heavy atom. The summed E-state index contributed by atoms with van der Waals surface area (Å²) in [6.07, 6.45) is -3.30. The van der Waals surface area contributed by atoms with Crippen molar-refractivity contribution < 1.29 is 18.0 Å². The zero-order chi connectivity index (χ0) is 10.8. The molecule has 6 heteroatoms. The maximum atomic E-state index is 12.4. The highest BCUT2D eigenvalue weighted by molar-refractivity contribution is 9.10. The van der Waals surface area contributed by atoms with Crippen LogP contribution in [0, 0.1) is 0 Å². The van der Waals surface area contributed by atoms with Gasteiger partial charge in [-0.2, -0.15) is 13.2 Å².